The van der Waals surface area contributed by atoms with Crippen molar-refractivity contribution in [1.29, 1.82) is 0 Å². The van der Waals surface area contributed by atoms with Gasteiger partial charge < -0.3 is 5.11 Å². The van der Waals surface area contributed by atoms with Crippen LogP contribution in [-0.2, 0) is 9.59 Å². The molecule has 9 heteroatoms. The molecule has 0 atom stereocenters. The Morgan fingerprint density at radius 2 is 1.96 bits per heavy atom. The number of nitro groups is 1. The number of carbonyl (C=O) groups excluding carboxylic acids is 2. The van der Waals surface area contributed by atoms with Crippen LogP contribution in [-0.4, -0.2) is 38.6 Å². The summed E-state index contributed by atoms with van der Waals surface area (Å²) >= 11 is 0.763. The highest BCUT2D eigenvalue weighted by atomic mass is 32.2. The Kier molecular flexibility index (Phi) is 5.12. The van der Waals surface area contributed by atoms with Gasteiger partial charge in [0.2, 0.25) is 0 Å². The SMILES string of the molecule is O=C(O)CCCN1C(=O)S/C(=C/c2ccc([N+](=O)[O-])cc2)C1=O. The molecule has 0 aliphatic carbocycles. The Morgan fingerprint density at radius 3 is 2.52 bits per heavy atom. The van der Waals surface area contributed by atoms with E-state index < -0.39 is 22.0 Å². The smallest absolute Gasteiger partial charge is 0.303 e. The quantitative estimate of drug-likeness (QED) is 0.481. The first-order valence-electron chi connectivity index (χ1n) is 6.60. The third kappa shape index (κ3) is 4.16. The summed E-state index contributed by atoms with van der Waals surface area (Å²) in [5, 5.41) is 18.7. The maximum atomic E-state index is 12.1. The minimum Gasteiger partial charge on any atom is -0.481 e. The average Bonchev–Trinajstić information content (AvgIpc) is 2.75. The lowest BCUT2D eigenvalue weighted by Crippen LogP contribution is -2.29. The Labute approximate surface area is 134 Å². The Bertz CT molecular complexity index is 698. The van der Waals surface area contributed by atoms with Crippen LogP contribution in [0.5, 0.6) is 0 Å². The van der Waals surface area contributed by atoms with Crippen molar-refractivity contribution in [3.8, 4) is 0 Å². The van der Waals surface area contributed by atoms with E-state index in [0.29, 0.717) is 5.56 Å². The Hall–Kier alpha value is -2.68. The Morgan fingerprint density at radius 1 is 1.30 bits per heavy atom. The van der Waals surface area contributed by atoms with Crippen LogP contribution in [0, 0.1) is 10.1 Å². The van der Waals surface area contributed by atoms with E-state index in [0.717, 1.165) is 16.7 Å². The summed E-state index contributed by atoms with van der Waals surface area (Å²) in [6.45, 7) is 0.0502. The van der Waals surface area contributed by atoms with Crippen molar-refractivity contribution in [2.24, 2.45) is 0 Å². The van der Waals surface area contributed by atoms with Gasteiger partial charge in [-0.05, 0) is 42.0 Å². The lowest BCUT2D eigenvalue weighted by Gasteiger charge is -2.10. The van der Waals surface area contributed by atoms with Crippen LogP contribution >= 0.6 is 11.8 Å². The number of benzene rings is 1. The van der Waals surface area contributed by atoms with Crippen molar-refractivity contribution in [3.63, 3.8) is 0 Å². The molecule has 0 saturated carbocycles. The maximum Gasteiger partial charge on any atom is 0.303 e. The summed E-state index contributed by atoms with van der Waals surface area (Å²) in [7, 11) is 0. The number of rotatable bonds is 6. The highest BCUT2D eigenvalue weighted by Gasteiger charge is 2.34. The zero-order valence-electron chi connectivity index (χ0n) is 11.8. The monoisotopic (exact) mass is 336 g/mol. The predicted octanol–water partition coefficient (Wildman–Crippen LogP) is 2.50. The van der Waals surface area contributed by atoms with Gasteiger partial charge in [0, 0.05) is 25.1 Å². The summed E-state index contributed by atoms with van der Waals surface area (Å²) in [5.41, 5.74) is 0.496. The zero-order chi connectivity index (χ0) is 17.0. The molecule has 0 aromatic heterocycles. The van der Waals surface area contributed by atoms with Crippen molar-refractivity contribution >= 4 is 40.6 Å². The second kappa shape index (κ2) is 7.05. The van der Waals surface area contributed by atoms with Gasteiger partial charge in [-0.1, -0.05) is 0 Å². The van der Waals surface area contributed by atoms with E-state index >= 15 is 0 Å². The van der Waals surface area contributed by atoms with Crippen LogP contribution < -0.4 is 0 Å². The lowest BCUT2D eigenvalue weighted by atomic mass is 10.2. The summed E-state index contributed by atoms with van der Waals surface area (Å²) in [6.07, 6.45) is 1.55. The van der Waals surface area contributed by atoms with Crippen molar-refractivity contribution in [3.05, 3.63) is 44.8 Å². The van der Waals surface area contributed by atoms with Crippen LogP contribution in [0.2, 0.25) is 0 Å². The first kappa shape index (κ1) is 16.7. The minimum atomic E-state index is -0.988. The minimum absolute atomic E-state index is 0.0502. The third-order valence-corrected chi connectivity index (χ3v) is 3.96. The predicted molar refractivity (Wildman–Crippen MR) is 82.6 cm³/mol. The molecule has 120 valence electrons. The van der Waals surface area contributed by atoms with E-state index in [4.69, 9.17) is 5.11 Å². The molecule has 1 saturated heterocycles. The summed E-state index contributed by atoms with van der Waals surface area (Å²) < 4.78 is 0. The van der Waals surface area contributed by atoms with E-state index in [2.05, 4.69) is 0 Å². The number of non-ortho nitro benzene ring substituents is 1. The molecule has 0 bridgehead atoms. The number of amides is 2. The normalized spacial score (nSPS) is 16.2. The highest BCUT2D eigenvalue weighted by molar-refractivity contribution is 8.18. The first-order valence-corrected chi connectivity index (χ1v) is 7.42. The van der Waals surface area contributed by atoms with E-state index in [1.54, 1.807) is 0 Å². The fourth-order valence-electron chi connectivity index (χ4n) is 1.92. The number of carboxylic acids is 1. The van der Waals surface area contributed by atoms with Gasteiger partial charge in [-0.25, -0.2) is 0 Å². The lowest BCUT2D eigenvalue weighted by molar-refractivity contribution is -0.384. The van der Waals surface area contributed by atoms with Crippen molar-refractivity contribution < 1.29 is 24.4 Å². The van der Waals surface area contributed by atoms with Gasteiger partial charge in [0.1, 0.15) is 0 Å². The van der Waals surface area contributed by atoms with Crippen molar-refractivity contribution in [2.75, 3.05) is 6.54 Å². The van der Waals surface area contributed by atoms with Crippen LogP contribution in [0.15, 0.2) is 29.2 Å². The first-order chi connectivity index (χ1) is 10.9. The van der Waals surface area contributed by atoms with Crippen LogP contribution in [0.4, 0.5) is 10.5 Å². The molecule has 1 aliphatic heterocycles. The fourth-order valence-corrected chi connectivity index (χ4v) is 2.79. The van der Waals surface area contributed by atoms with Crippen LogP contribution in [0.3, 0.4) is 0 Å². The van der Waals surface area contributed by atoms with Gasteiger partial charge in [-0.15, -0.1) is 0 Å². The molecule has 0 radical (unpaired) electrons. The highest BCUT2D eigenvalue weighted by Crippen LogP contribution is 2.32. The molecular formula is C14H12N2O6S. The molecule has 2 amide bonds. The summed E-state index contributed by atoms with van der Waals surface area (Å²) in [6, 6.07) is 5.58. The van der Waals surface area contributed by atoms with Gasteiger partial charge in [-0.3, -0.25) is 29.4 Å². The number of carboxylic acid groups (broad SMARTS) is 1. The molecule has 0 spiro atoms. The van der Waals surface area contributed by atoms with E-state index in [1.807, 2.05) is 0 Å². The van der Waals surface area contributed by atoms with E-state index in [-0.39, 0.29) is 30.0 Å². The molecule has 1 aromatic carbocycles. The number of carbonyl (C=O) groups is 3. The number of thioether (sulfide) groups is 1. The molecule has 0 unspecified atom stereocenters. The largest absolute Gasteiger partial charge is 0.481 e. The van der Waals surface area contributed by atoms with E-state index in [1.165, 1.54) is 30.3 Å². The maximum absolute atomic E-state index is 12.1. The molecular weight excluding hydrogens is 324 g/mol. The number of nitro benzene ring substituents is 1. The van der Waals surface area contributed by atoms with Gasteiger partial charge in [0.25, 0.3) is 16.8 Å². The summed E-state index contributed by atoms with van der Waals surface area (Å²) in [5.74, 6) is -1.47. The molecule has 2 rings (SSSR count). The van der Waals surface area contributed by atoms with Gasteiger partial charge >= 0.3 is 5.97 Å². The number of hydrogen-bond donors (Lipinski definition) is 1. The van der Waals surface area contributed by atoms with E-state index in [9.17, 15) is 24.5 Å². The molecule has 1 fully saturated rings. The van der Waals surface area contributed by atoms with Crippen molar-refractivity contribution in [1.82, 2.24) is 4.90 Å². The number of nitrogens with zero attached hydrogens (tertiary/aromatic N) is 2. The van der Waals surface area contributed by atoms with Crippen LogP contribution in [0.1, 0.15) is 18.4 Å². The second-order valence-electron chi connectivity index (χ2n) is 4.68. The molecule has 8 nitrogen and oxygen atoms in total. The number of hydrogen-bond acceptors (Lipinski definition) is 6. The van der Waals surface area contributed by atoms with Gasteiger partial charge in [0.05, 0.1) is 9.83 Å². The molecule has 1 heterocycles. The topological polar surface area (TPSA) is 118 Å². The van der Waals surface area contributed by atoms with Gasteiger partial charge in [-0.2, -0.15) is 0 Å². The standard InChI is InChI=1S/C14H12N2O6S/c17-12(18)2-1-7-15-13(19)11(23-14(15)20)8-9-3-5-10(6-4-9)16(21)22/h3-6,8H,1-2,7H2,(H,17,18)/b11-8+. The molecule has 23 heavy (non-hydrogen) atoms. The summed E-state index contributed by atoms with van der Waals surface area (Å²) in [4.78, 5) is 45.7. The van der Waals surface area contributed by atoms with Crippen LogP contribution in [0.25, 0.3) is 6.08 Å². The third-order valence-electron chi connectivity index (χ3n) is 3.05. The fraction of sp³-hybridized carbons (Fsp3) is 0.214. The zero-order valence-corrected chi connectivity index (χ0v) is 12.6. The Balaban J connectivity index is 2.08. The molecule has 1 N–H and O–H groups in total. The molecule has 1 aliphatic rings. The number of aliphatic carboxylic acids is 1. The average molecular weight is 336 g/mol. The number of imide groups is 1. The second-order valence-corrected chi connectivity index (χ2v) is 5.67. The van der Waals surface area contributed by atoms with Crippen molar-refractivity contribution in [2.45, 2.75) is 12.8 Å². The molecule has 1 aromatic rings. The van der Waals surface area contributed by atoms with Gasteiger partial charge in [0.15, 0.2) is 0 Å².